The number of benzene rings is 1. The third-order valence-electron chi connectivity index (χ3n) is 5.66. The number of nitrogens with zero attached hydrogens (tertiary/aromatic N) is 1. The minimum atomic E-state index is -1.52. The maximum atomic E-state index is 12.7. The number of nitrogens with two attached hydrogens (primary N) is 1. The Morgan fingerprint density at radius 2 is 1.85 bits per heavy atom. The Morgan fingerprint density at radius 3 is 2.31 bits per heavy atom. The van der Waals surface area contributed by atoms with Crippen molar-refractivity contribution in [1.29, 1.82) is 5.41 Å². The molecule has 2 saturated heterocycles. The van der Waals surface area contributed by atoms with Crippen molar-refractivity contribution in [3.63, 3.8) is 0 Å². The number of aliphatic carboxylic acids is 1. The lowest BCUT2D eigenvalue weighted by atomic mass is 9.73. The molecule has 4 unspecified atom stereocenters. The number of carboxylic acid groups (broad SMARTS) is 1. The number of imide groups is 1. The highest BCUT2D eigenvalue weighted by Crippen LogP contribution is 2.51. The number of nitrogen functional groups attached to an aromatic ring is 1. The number of likely N-dealkylation sites (tertiary alicyclic amines) is 1. The Hall–Kier alpha value is -2.74. The largest absolute Gasteiger partial charge is 0.480 e. The summed E-state index contributed by atoms with van der Waals surface area (Å²) in [5.41, 5.74) is 5.16. The average Bonchev–Trinajstić information content (AvgIpc) is 3.06. The molecular formula is C18H22N4O4. The van der Waals surface area contributed by atoms with Crippen molar-refractivity contribution < 1.29 is 19.5 Å². The summed E-state index contributed by atoms with van der Waals surface area (Å²) in [6.07, 6.45) is 0. The van der Waals surface area contributed by atoms with E-state index in [1.54, 1.807) is 38.1 Å². The topological polar surface area (TPSA) is 137 Å². The van der Waals surface area contributed by atoms with Crippen LogP contribution in [0.3, 0.4) is 0 Å². The van der Waals surface area contributed by atoms with Crippen molar-refractivity contribution in [3.8, 4) is 0 Å². The first-order valence-electron chi connectivity index (χ1n) is 8.39. The van der Waals surface area contributed by atoms with Crippen molar-refractivity contribution in [1.82, 2.24) is 10.2 Å². The molecule has 3 rings (SSSR count). The Bertz CT molecular complexity index is 804. The van der Waals surface area contributed by atoms with Gasteiger partial charge in [-0.3, -0.25) is 30.0 Å². The number of carboxylic acids is 1. The minimum absolute atomic E-state index is 0.0808. The van der Waals surface area contributed by atoms with Gasteiger partial charge in [-0.2, -0.15) is 0 Å². The van der Waals surface area contributed by atoms with E-state index in [2.05, 4.69) is 5.32 Å². The summed E-state index contributed by atoms with van der Waals surface area (Å²) in [5, 5.41) is 20.5. The first-order valence-corrected chi connectivity index (χ1v) is 8.39. The number of hydrogen-bond donors (Lipinski definition) is 4. The molecule has 26 heavy (non-hydrogen) atoms. The maximum Gasteiger partial charge on any atom is 0.325 e. The molecule has 8 nitrogen and oxygen atoms in total. The second kappa shape index (κ2) is 5.91. The summed E-state index contributed by atoms with van der Waals surface area (Å²) >= 11 is 0. The zero-order valence-electron chi connectivity index (χ0n) is 14.8. The van der Waals surface area contributed by atoms with Crippen LogP contribution in [0.1, 0.15) is 31.0 Å². The first-order chi connectivity index (χ1) is 12.1. The molecule has 0 aromatic heterocycles. The molecule has 2 heterocycles. The van der Waals surface area contributed by atoms with Gasteiger partial charge in [0.2, 0.25) is 11.8 Å². The van der Waals surface area contributed by atoms with E-state index in [1.807, 2.05) is 0 Å². The van der Waals surface area contributed by atoms with E-state index in [-0.39, 0.29) is 11.7 Å². The monoisotopic (exact) mass is 358 g/mol. The van der Waals surface area contributed by atoms with Crippen molar-refractivity contribution in [2.24, 2.45) is 23.5 Å². The fourth-order valence-electron chi connectivity index (χ4n) is 4.22. The van der Waals surface area contributed by atoms with E-state index in [1.165, 1.54) is 7.05 Å². The zero-order valence-corrected chi connectivity index (χ0v) is 14.8. The predicted octanol–water partition coefficient (Wildman–Crippen LogP) is 0.325. The Labute approximate surface area is 150 Å². The summed E-state index contributed by atoms with van der Waals surface area (Å²) in [6, 6.07) is 6.10. The van der Waals surface area contributed by atoms with E-state index in [0.717, 1.165) is 4.90 Å². The predicted molar refractivity (Wildman–Crippen MR) is 93.3 cm³/mol. The van der Waals surface area contributed by atoms with Crippen LogP contribution in [0, 0.1) is 23.2 Å². The number of nitrogens with one attached hydrogen (secondary N) is 2. The number of carbonyl (C=O) groups is 3. The third kappa shape index (κ3) is 2.25. The molecule has 2 amide bonds. The van der Waals surface area contributed by atoms with Crippen LogP contribution in [-0.4, -0.2) is 46.2 Å². The Morgan fingerprint density at radius 1 is 1.27 bits per heavy atom. The SMILES string of the molecule is CC(C)C1(C(=O)O)NC(c2ccc(C(=N)N)cc2)C2C(=O)N(C)C(=O)C21. The number of amidine groups is 1. The molecule has 0 aliphatic carbocycles. The standard InChI is InChI=1S/C18H22N4O4/c1-8(2)18(17(25)26)12-11(15(23)22(3)16(12)24)13(21-18)9-4-6-10(7-5-9)14(19)20/h4-8,11-13,21H,1-3H3,(H3,19,20)(H,25,26). The highest BCUT2D eigenvalue weighted by molar-refractivity contribution is 6.09. The van der Waals surface area contributed by atoms with Crippen LogP contribution in [0.2, 0.25) is 0 Å². The van der Waals surface area contributed by atoms with Gasteiger partial charge in [-0.25, -0.2) is 0 Å². The number of carbonyl (C=O) groups excluding carboxylic acids is 2. The smallest absolute Gasteiger partial charge is 0.325 e. The van der Waals surface area contributed by atoms with Gasteiger partial charge >= 0.3 is 5.97 Å². The summed E-state index contributed by atoms with van der Waals surface area (Å²) in [4.78, 5) is 38.6. The zero-order chi connectivity index (χ0) is 19.4. The molecule has 0 radical (unpaired) electrons. The van der Waals surface area contributed by atoms with Crippen LogP contribution in [0.25, 0.3) is 0 Å². The van der Waals surface area contributed by atoms with Gasteiger partial charge in [-0.1, -0.05) is 38.1 Å². The third-order valence-corrected chi connectivity index (χ3v) is 5.66. The van der Waals surface area contributed by atoms with Crippen molar-refractivity contribution in [2.75, 3.05) is 7.05 Å². The number of amides is 2. The van der Waals surface area contributed by atoms with Gasteiger partial charge in [0.25, 0.3) is 0 Å². The van der Waals surface area contributed by atoms with Crippen molar-refractivity contribution in [2.45, 2.75) is 25.4 Å². The second-order valence-corrected chi connectivity index (χ2v) is 7.23. The summed E-state index contributed by atoms with van der Waals surface area (Å²) < 4.78 is 0. The fraction of sp³-hybridized carbons (Fsp3) is 0.444. The summed E-state index contributed by atoms with van der Waals surface area (Å²) in [5.74, 6) is -4.21. The average molecular weight is 358 g/mol. The van der Waals surface area contributed by atoms with E-state index in [4.69, 9.17) is 11.1 Å². The lowest BCUT2D eigenvalue weighted by Gasteiger charge is -2.34. The molecule has 0 bridgehead atoms. The molecule has 8 heteroatoms. The normalized spacial score (nSPS) is 30.8. The van der Waals surface area contributed by atoms with Crippen LogP contribution < -0.4 is 11.1 Å². The van der Waals surface area contributed by atoms with Crippen molar-refractivity contribution in [3.05, 3.63) is 35.4 Å². The van der Waals surface area contributed by atoms with Gasteiger partial charge in [0.05, 0.1) is 11.8 Å². The van der Waals surface area contributed by atoms with Crippen molar-refractivity contribution >= 4 is 23.6 Å². The highest BCUT2D eigenvalue weighted by Gasteiger charge is 2.68. The van der Waals surface area contributed by atoms with Gasteiger partial charge in [0.1, 0.15) is 11.4 Å². The molecule has 1 aromatic carbocycles. The number of hydrogen-bond acceptors (Lipinski definition) is 5. The molecule has 4 atom stereocenters. The minimum Gasteiger partial charge on any atom is -0.480 e. The number of rotatable bonds is 4. The molecule has 2 aliphatic rings. The lowest BCUT2D eigenvalue weighted by molar-refractivity contribution is -0.153. The molecule has 138 valence electrons. The molecule has 2 aliphatic heterocycles. The van der Waals surface area contributed by atoms with E-state index >= 15 is 0 Å². The van der Waals surface area contributed by atoms with E-state index in [9.17, 15) is 19.5 Å². The first kappa shape index (κ1) is 18.1. The summed E-state index contributed by atoms with van der Waals surface area (Å²) in [6.45, 7) is 3.46. The Kier molecular flexibility index (Phi) is 4.11. The van der Waals surface area contributed by atoms with Gasteiger partial charge in [0, 0.05) is 18.7 Å². The van der Waals surface area contributed by atoms with E-state index in [0.29, 0.717) is 11.1 Å². The van der Waals surface area contributed by atoms with Crippen LogP contribution in [0.4, 0.5) is 0 Å². The van der Waals surface area contributed by atoms with Crippen LogP contribution in [0.15, 0.2) is 24.3 Å². The molecule has 2 fully saturated rings. The molecule has 0 saturated carbocycles. The fourth-order valence-corrected chi connectivity index (χ4v) is 4.22. The second-order valence-electron chi connectivity index (χ2n) is 7.23. The summed E-state index contributed by atoms with van der Waals surface area (Å²) in [7, 11) is 1.39. The Balaban J connectivity index is 2.12. The maximum absolute atomic E-state index is 12.7. The molecule has 5 N–H and O–H groups in total. The molecule has 1 aromatic rings. The van der Waals surface area contributed by atoms with Gasteiger partial charge in [-0.15, -0.1) is 0 Å². The van der Waals surface area contributed by atoms with Gasteiger partial charge in [-0.05, 0) is 11.5 Å². The molecule has 0 spiro atoms. The van der Waals surface area contributed by atoms with E-state index < -0.39 is 41.2 Å². The molecular weight excluding hydrogens is 336 g/mol. The number of fused-ring (bicyclic) bond motifs is 1. The van der Waals surface area contributed by atoms with Gasteiger partial charge < -0.3 is 10.8 Å². The van der Waals surface area contributed by atoms with Crippen LogP contribution in [-0.2, 0) is 14.4 Å². The van der Waals surface area contributed by atoms with Gasteiger partial charge in [0.15, 0.2) is 0 Å². The van der Waals surface area contributed by atoms with Crippen LogP contribution >= 0.6 is 0 Å². The van der Waals surface area contributed by atoms with Crippen LogP contribution in [0.5, 0.6) is 0 Å². The lowest BCUT2D eigenvalue weighted by Crippen LogP contribution is -2.59. The highest BCUT2D eigenvalue weighted by atomic mass is 16.4. The quantitative estimate of drug-likeness (QED) is 0.348.